The van der Waals surface area contributed by atoms with Crippen LogP contribution >= 0.6 is 0 Å². The van der Waals surface area contributed by atoms with Crippen molar-refractivity contribution in [2.45, 2.75) is 32.2 Å². The van der Waals surface area contributed by atoms with E-state index >= 15 is 0 Å². The Balaban J connectivity index is 2.18. The van der Waals surface area contributed by atoms with Crippen molar-refractivity contribution in [3.63, 3.8) is 0 Å². The third kappa shape index (κ3) is 1.89. The van der Waals surface area contributed by atoms with E-state index in [4.69, 9.17) is 4.74 Å². The Kier molecular flexibility index (Phi) is 2.85. The number of carbonyl (C=O) groups is 2. The lowest BCUT2D eigenvalue weighted by Crippen LogP contribution is -2.41. The minimum Gasteiger partial charge on any atom is -0.511 e. The molecule has 5 nitrogen and oxygen atoms in total. The first-order chi connectivity index (χ1) is 7.65. The SMILES string of the molecule is CCOC(=O)C1=C(O)CCN(C2CC2)C1=O. The second-order valence-corrected chi connectivity index (χ2v) is 4.02. The van der Waals surface area contributed by atoms with Gasteiger partial charge in [0.15, 0.2) is 5.57 Å². The predicted octanol–water partition coefficient (Wildman–Crippen LogP) is 0.756. The molecule has 1 amide bonds. The van der Waals surface area contributed by atoms with Gasteiger partial charge in [0.05, 0.1) is 6.61 Å². The van der Waals surface area contributed by atoms with Gasteiger partial charge in [-0.05, 0) is 19.8 Å². The maximum Gasteiger partial charge on any atom is 0.347 e. The average Bonchev–Trinajstić information content (AvgIpc) is 3.02. The summed E-state index contributed by atoms with van der Waals surface area (Å²) < 4.78 is 4.77. The largest absolute Gasteiger partial charge is 0.511 e. The van der Waals surface area contributed by atoms with Crippen molar-refractivity contribution in [3.8, 4) is 0 Å². The maximum atomic E-state index is 11.9. The van der Waals surface area contributed by atoms with Gasteiger partial charge < -0.3 is 14.7 Å². The first-order valence-corrected chi connectivity index (χ1v) is 5.55. The Hall–Kier alpha value is -1.52. The number of hydrogen-bond donors (Lipinski definition) is 1. The van der Waals surface area contributed by atoms with Crippen LogP contribution in [0.2, 0.25) is 0 Å². The highest BCUT2D eigenvalue weighted by Crippen LogP contribution is 2.31. The molecule has 1 aliphatic heterocycles. The van der Waals surface area contributed by atoms with Crippen molar-refractivity contribution >= 4 is 11.9 Å². The van der Waals surface area contributed by atoms with Gasteiger partial charge in [-0.2, -0.15) is 0 Å². The van der Waals surface area contributed by atoms with Crippen molar-refractivity contribution in [1.29, 1.82) is 0 Å². The molecular formula is C11H15NO4. The smallest absolute Gasteiger partial charge is 0.347 e. The minimum atomic E-state index is -0.713. The number of ether oxygens (including phenoxy) is 1. The molecule has 0 aromatic heterocycles. The van der Waals surface area contributed by atoms with Crippen molar-refractivity contribution in [2.75, 3.05) is 13.2 Å². The summed E-state index contributed by atoms with van der Waals surface area (Å²) in [6.45, 7) is 2.37. The molecule has 16 heavy (non-hydrogen) atoms. The molecule has 0 bridgehead atoms. The molecule has 2 rings (SSSR count). The minimum absolute atomic E-state index is 0.139. The number of nitrogens with zero attached hydrogens (tertiary/aromatic N) is 1. The molecule has 0 aromatic carbocycles. The Morgan fingerprint density at radius 2 is 2.25 bits per heavy atom. The van der Waals surface area contributed by atoms with Crippen LogP contribution in [-0.2, 0) is 14.3 Å². The Bertz CT molecular complexity index is 357. The average molecular weight is 225 g/mol. The normalized spacial score (nSPS) is 21.3. The van der Waals surface area contributed by atoms with Gasteiger partial charge in [0.1, 0.15) is 5.76 Å². The number of aliphatic hydroxyl groups is 1. The molecule has 0 atom stereocenters. The van der Waals surface area contributed by atoms with Crippen LogP contribution < -0.4 is 0 Å². The zero-order valence-electron chi connectivity index (χ0n) is 9.23. The van der Waals surface area contributed by atoms with Gasteiger partial charge in [-0.25, -0.2) is 4.79 Å². The second kappa shape index (κ2) is 4.15. The van der Waals surface area contributed by atoms with Gasteiger partial charge in [0.25, 0.3) is 5.91 Å². The van der Waals surface area contributed by atoms with Crippen LogP contribution in [0.5, 0.6) is 0 Å². The van der Waals surface area contributed by atoms with Crippen molar-refractivity contribution in [3.05, 3.63) is 11.3 Å². The molecule has 1 aliphatic carbocycles. The van der Waals surface area contributed by atoms with Crippen LogP contribution in [0.15, 0.2) is 11.3 Å². The molecule has 2 aliphatic rings. The Morgan fingerprint density at radius 3 is 2.81 bits per heavy atom. The highest BCUT2D eigenvalue weighted by atomic mass is 16.5. The first kappa shape index (κ1) is 11.0. The summed E-state index contributed by atoms with van der Waals surface area (Å²) in [5, 5.41) is 9.59. The van der Waals surface area contributed by atoms with Gasteiger partial charge in [-0.1, -0.05) is 0 Å². The first-order valence-electron chi connectivity index (χ1n) is 5.55. The van der Waals surface area contributed by atoms with Crippen molar-refractivity contribution < 1.29 is 19.4 Å². The van der Waals surface area contributed by atoms with E-state index in [2.05, 4.69) is 0 Å². The van der Waals surface area contributed by atoms with Gasteiger partial charge in [0.2, 0.25) is 0 Å². The molecule has 1 fully saturated rings. The number of carbonyl (C=O) groups excluding carboxylic acids is 2. The number of hydrogen-bond acceptors (Lipinski definition) is 4. The van der Waals surface area contributed by atoms with Crippen LogP contribution in [0.25, 0.3) is 0 Å². The van der Waals surface area contributed by atoms with Gasteiger partial charge in [-0.15, -0.1) is 0 Å². The van der Waals surface area contributed by atoms with E-state index in [1.165, 1.54) is 0 Å². The summed E-state index contributed by atoms with van der Waals surface area (Å²) in [6.07, 6.45) is 2.32. The highest BCUT2D eigenvalue weighted by Gasteiger charge is 2.40. The lowest BCUT2D eigenvalue weighted by Gasteiger charge is -2.27. The second-order valence-electron chi connectivity index (χ2n) is 4.02. The van der Waals surface area contributed by atoms with Crippen molar-refractivity contribution in [1.82, 2.24) is 4.90 Å². The monoisotopic (exact) mass is 225 g/mol. The van der Waals surface area contributed by atoms with Crippen molar-refractivity contribution in [2.24, 2.45) is 0 Å². The quantitative estimate of drug-likeness (QED) is 0.568. The lowest BCUT2D eigenvalue weighted by atomic mass is 10.1. The standard InChI is InChI=1S/C11H15NO4/c1-2-16-11(15)9-8(13)5-6-12(10(9)14)7-3-4-7/h7,13H,2-6H2,1H3. The van der Waals surface area contributed by atoms with Crippen LogP contribution in [0.4, 0.5) is 0 Å². The molecule has 0 radical (unpaired) electrons. The predicted molar refractivity (Wildman–Crippen MR) is 55.6 cm³/mol. The van der Waals surface area contributed by atoms with Crippen LogP contribution in [0, 0.1) is 0 Å². The zero-order valence-corrected chi connectivity index (χ0v) is 9.23. The highest BCUT2D eigenvalue weighted by molar-refractivity contribution is 6.17. The van der Waals surface area contributed by atoms with Gasteiger partial charge in [0, 0.05) is 19.0 Å². The third-order valence-electron chi connectivity index (χ3n) is 2.82. The molecular weight excluding hydrogens is 210 g/mol. The van der Waals surface area contributed by atoms with Gasteiger partial charge >= 0.3 is 5.97 Å². The van der Waals surface area contributed by atoms with E-state index in [0.717, 1.165) is 12.8 Å². The lowest BCUT2D eigenvalue weighted by molar-refractivity contribution is -0.143. The fourth-order valence-electron chi connectivity index (χ4n) is 1.86. The fraction of sp³-hybridized carbons (Fsp3) is 0.636. The molecule has 0 unspecified atom stereocenters. The third-order valence-corrected chi connectivity index (χ3v) is 2.82. The topological polar surface area (TPSA) is 66.8 Å². The van der Waals surface area contributed by atoms with E-state index in [9.17, 15) is 14.7 Å². The number of aliphatic hydroxyl groups excluding tert-OH is 1. The molecule has 5 heteroatoms. The maximum absolute atomic E-state index is 11.9. The summed E-state index contributed by atoms with van der Waals surface area (Å²) in [5.74, 6) is -1.24. The molecule has 1 heterocycles. The summed E-state index contributed by atoms with van der Waals surface area (Å²) in [4.78, 5) is 25.1. The van der Waals surface area contributed by atoms with E-state index in [-0.39, 0.29) is 29.9 Å². The van der Waals surface area contributed by atoms with E-state index in [1.807, 2.05) is 0 Å². The van der Waals surface area contributed by atoms with Gasteiger partial charge in [-0.3, -0.25) is 4.79 Å². The summed E-state index contributed by atoms with van der Waals surface area (Å²) in [5.41, 5.74) is -0.181. The molecule has 0 saturated heterocycles. The molecule has 1 saturated carbocycles. The molecule has 0 spiro atoms. The summed E-state index contributed by atoms with van der Waals surface area (Å²) in [6, 6.07) is 0.255. The summed E-state index contributed by atoms with van der Waals surface area (Å²) in [7, 11) is 0. The van der Waals surface area contributed by atoms with Crippen LogP contribution in [0.3, 0.4) is 0 Å². The zero-order chi connectivity index (χ0) is 11.7. The molecule has 0 aromatic rings. The number of esters is 1. The van der Waals surface area contributed by atoms with Crippen LogP contribution in [0.1, 0.15) is 26.2 Å². The van der Waals surface area contributed by atoms with E-state index in [0.29, 0.717) is 13.0 Å². The number of amides is 1. The van der Waals surface area contributed by atoms with Crippen LogP contribution in [-0.4, -0.2) is 41.1 Å². The summed E-state index contributed by atoms with van der Waals surface area (Å²) >= 11 is 0. The molecule has 1 N–H and O–H groups in total. The fourth-order valence-corrected chi connectivity index (χ4v) is 1.86. The van der Waals surface area contributed by atoms with E-state index < -0.39 is 5.97 Å². The molecule has 88 valence electrons. The van der Waals surface area contributed by atoms with E-state index in [1.54, 1.807) is 11.8 Å². The Morgan fingerprint density at radius 1 is 1.56 bits per heavy atom. The Labute approximate surface area is 93.7 Å². The number of rotatable bonds is 3.